The van der Waals surface area contributed by atoms with Gasteiger partial charge in [0, 0.05) is 28.9 Å². The topological polar surface area (TPSA) is 44.4 Å². The predicted molar refractivity (Wildman–Crippen MR) is 91.7 cm³/mol. The molecule has 22 heavy (non-hydrogen) atoms. The van der Waals surface area contributed by atoms with Gasteiger partial charge in [0.05, 0.1) is 5.56 Å². The van der Waals surface area contributed by atoms with Crippen molar-refractivity contribution < 1.29 is 4.79 Å². The molecule has 0 bridgehead atoms. The number of nitrogens with one attached hydrogen (secondary N) is 2. The summed E-state index contributed by atoms with van der Waals surface area (Å²) < 4.78 is 0. The van der Waals surface area contributed by atoms with Gasteiger partial charge in [-0.3, -0.25) is 9.69 Å². The molecule has 0 aliphatic carbocycles. The van der Waals surface area contributed by atoms with E-state index in [4.69, 9.17) is 0 Å². The molecule has 0 aromatic carbocycles. The Labute approximate surface area is 138 Å². The van der Waals surface area contributed by atoms with Gasteiger partial charge in [-0.05, 0) is 37.3 Å². The lowest BCUT2D eigenvalue weighted by molar-refractivity contribution is 0.0935. The first-order valence-electron chi connectivity index (χ1n) is 7.63. The van der Waals surface area contributed by atoms with E-state index in [0.717, 1.165) is 35.0 Å². The minimum Gasteiger partial charge on any atom is -0.352 e. The highest BCUT2D eigenvalue weighted by molar-refractivity contribution is 7.16. The molecule has 0 saturated carbocycles. The summed E-state index contributed by atoms with van der Waals surface area (Å²) in [5.41, 5.74) is 2.14. The third-order valence-electron chi connectivity index (χ3n) is 4.42. The van der Waals surface area contributed by atoms with E-state index in [1.54, 1.807) is 22.7 Å². The number of nitrogens with zero attached hydrogens (tertiary/aromatic N) is 1. The van der Waals surface area contributed by atoms with Crippen LogP contribution in [0.1, 0.15) is 45.7 Å². The first kappa shape index (κ1) is 14.2. The highest BCUT2D eigenvalue weighted by atomic mass is 32.1. The van der Waals surface area contributed by atoms with Gasteiger partial charge < -0.3 is 10.6 Å². The van der Waals surface area contributed by atoms with Gasteiger partial charge in [-0.25, -0.2) is 0 Å². The molecule has 2 aromatic rings. The van der Waals surface area contributed by atoms with E-state index in [2.05, 4.69) is 35.4 Å². The lowest BCUT2D eigenvalue weighted by Crippen LogP contribution is -2.39. The number of carbonyl (C=O) groups is 1. The molecule has 2 N–H and O–H groups in total. The molecule has 0 unspecified atom stereocenters. The van der Waals surface area contributed by atoms with Crippen LogP contribution in [0.3, 0.4) is 0 Å². The van der Waals surface area contributed by atoms with Crippen LogP contribution in [0.5, 0.6) is 0 Å². The molecule has 2 aromatic heterocycles. The number of carbonyl (C=O) groups excluding carboxylic acids is 1. The first-order chi connectivity index (χ1) is 10.6. The van der Waals surface area contributed by atoms with Crippen molar-refractivity contribution in [1.29, 1.82) is 0 Å². The summed E-state index contributed by atoms with van der Waals surface area (Å²) in [6.45, 7) is 6.46. The number of hydrogen-bond donors (Lipinski definition) is 2. The maximum absolute atomic E-state index is 12.6. The number of rotatable bonds is 2. The summed E-state index contributed by atoms with van der Waals surface area (Å²) in [5, 5.41) is 9.69. The second-order valence-corrected chi connectivity index (χ2v) is 8.17. The number of fused-ring (bicyclic) bond motifs is 3. The first-order valence-corrected chi connectivity index (χ1v) is 9.32. The summed E-state index contributed by atoms with van der Waals surface area (Å²) in [4.78, 5) is 17.6. The number of anilines is 1. The van der Waals surface area contributed by atoms with Crippen molar-refractivity contribution in [1.82, 2.24) is 10.2 Å². The fraction of sp³-hybridized carbons (Fsp3) is 0.438. The van der Waals surface area contributed by atoms with Gasteiger partial charge in [0.2, 0.25) is 0 Å². The SMILES string of the molecule is CC(C)N1CCc2c(sc3c2C(=O)N[C@H](c2cccs2)N3)C1. The van der Waals surface area contributed by atoms with E-state index in [1.165, 1.54) is 10.4 Å². The van der Waals surface area contributed by atoms with Crippen molar-refractivity contribution in [2.24, 2.45) is 0 Å². The second-order valence-electron chi connectivity index (χ2n) is 6.09. The van der Waals surface area contributed by atoms with Gasteiger partial charge in [0.15, 0.2) is 0 Å². The van der Waals surface area contributed by atoms with Crippen LogP contribution in [-0.4, -0.2) is 23.4 Å². The lowest BCUT2D eigenvalue weighted by atomic mass is 10.0. The predicted octanol–water partition coefficient (Wildman–Crippen LogP) is 3.43. The Balaban J connectivity index is 1.67. The van der Waals surface area contributed by atoms with Crippen LogP contribution in [0.2, 0.25) is 0 Å². The summed E-state index contributed by atoms with van der Waals surface area (Å²) in [6, 6.07) is 4.62. The van der Waals surface area contributed by atoms with Gasteiger partial charge in [-0.2, -0.15) is 0 Å². The van der Waals surface area contributed by atoms with Crippen molar-refractivity contribution in [3.63, 3.8) is 0 Å². The van der Waals surface area contributed by atoms with Crippen molar-refractivity contribution in [2.75, 3.05) is 11.9 Å². The van der Waals surface area contributed by atoms with E-state index in [-0.39, 0.29) is 12.1 Å². The summed E-state index contributed by atoms with van der Waals surface area (Å²) in [5.74, 6) is 0.0719. The van der Waals surface area contributed by atoms with E-state index in [9.17, 15) is 4.79 Å². The summed E-state index contributed by atoms with van der Waals surface area (Å²) in [6.07, 6.45) is 0.874. The Hall–Kier alpha value is -1.37. The molecule has 4 rings (SSSR count). The van der Waals surface area contributed by atoms with Gasteiger partial charge >= 0.3 is 0 Å². The van der Waals surface area contributed by atoms with Crippen LogP contribution >= 0.6 is 22.7 Å². The van der Waals surface area contributed by atoms with Crippen LogP contribution in [0.4, 0.5) is 5.00 Å². The van der Waals surface area contributed by atoms with Crippen molar-refractivity contribution in [3.8, 4) is 0 Å². The zero-order valence-corrected chi connectivity index (χ0v) is 14.3. The van der Waals surface area contributed by atoms with Gasteiger partial charge in [0.1, 0.15) is 11.2 Å². The van der Waals surface area contributed by atoms with Gasteiger partial charge in [-0.1, -0.05) is 6.07 Å². The Bertz CT molecular complexity index is 705. The highest BCUT2D eigenvalue weighted by Gasteiger charge is 2.33. The zero-order chi connectivity index (χ0) is 15.3. The largest absolute Gasteiger partial charge is 0.352 e. The molecule has 0 fully saturated rings. The molecule has 0 radical (unpaired) electrons. The fourth-order valence-corrected chi connectivity index (χ4v) is 5.20. The fourth-order valence-electron chi connectivity index (χ4n) is 3.17. The Morgan fingerprint density at radius 1 is 1.36 bits per heavy atom. The average molecular weight is 333 g/mol. The standard InChI is InChI=1S/C16H19N3OS2/c1-9(2)19-6-5-10-12(8-19)22-16-13(10)15(20)17-14(18-16)11-4-3-7-21-11/h3-4,7,9,14,18H,5-6,8H2,1-2H3,(H,17,20)/t14-/m0/s1. The van der Waals surface area contributed by atoms with Crippen molar-refractivity contribution in [3.05, 3.63) is 38.4 Å². The monoisotopic (exact) mass is 333 g/mol. The Morgan fingerprint density at radius 3 is 2.95 bits per heavy atom. The molecular formula is C16H19N3OS2. The second kappa shape index (κ2) is 5.37. The molecule has 4 nitrogen and oxygen atoms in total. The Kier molecular flexibility index (Phi) is 3.47. The number of hydrogen-bond acceptors (Lipinski definition) is 5. The minimum atomic E-state index is -0.0960. The van der Waals surface area contributed by atoms with E-state index >= 15 is 0 Å². The molecular weight excluding hydrogens is 314 g/mol. The number of amides is 1. The maximum Gasteiger partial charge on any atom is 0.256 e. The molecule has 6 heteroatoms. The van der Waals surface area contributed by atoms with E-state index in [1.807, 2.05) is 11.4 Å². The molecule has 116 valence electrons. The van der Waals surface area contributed by atoms with E-state index in [0.29, 0.717) is 6.04 Å². The zero-order valence-electron chi connectivity index (χ0n) is 12.7. The number of thiophene rings is 2. The maximum atomic E-state index is 12.6. The van der Waals surface area contributed by atoms with Crippen molar-refractivity contribution >= 4 is 33.6 Å². The molecule has 0 saturated heterocycles. The Morgan fingerprint density at radius 2 is 2.23 bits per heavy atom. The summed E-state index contributed by atoms with van der Waals surface area (Å²) in [7, 11) is 0. The molecule has 0 spiro atoms. The van der Waals surface area contributed by atoms with Gasteiger partial charge in [0.25, 0.3) is 5.91 Å². The average Bonchev–Trinajstić information content (AvgIpc) is 3.13. The van der Waals surface area contributed by atoms with Crippen LogP contribution in [0.15, 0.2) is 17.5 Å². The molecule has 2 aliphatic heterocycles. The van der Waals surface area contributed by atoms with Crippen LogP contribution in [0.25, 0.3) is 0 Å². The van der Waals surface area contributed by atoms with Crippen LogP contribution in [-0.2, 0) is 13.0 Å². The third-order valence-corrected chi connectivity index (χ3v) is 6.51. The van der Waals surface area contributed by atoms with Crippen molar-refractivity contribution in [2.45, 2.75) is 39.0 Å². The van der Waals surface area contributed by atoms with Crippen LogP contribution in [0, 0.1) is 0 Å². The third kappa shape index (κ3) is 2.26. The smallest absolute Gasteiger partial charge is 0.256 e. The van der Waals surface area contributed by atoms with Crippen LogP contribution < -0.4 is 10.6 Å². The molecule has 2 aliphatic rings. The lowest BCUT2D eigenvalue weighted by Gasteiger charge is -2.30. The summed E-state index contributed by atoms with van der Waals surface area (Å²) >= 11 is 3.42. The quantitative estimate of drug-likeness (QED) is 0.885. The molecule has 4 heterocycles. The molecule has 1 atom stereocenters. The van der Waals surface area contributed by atoms with Gasteiger partial charge in [-0.15, -0.1) is 22.7 Å². The normalized spacial score (nSPS) is 21.2. The molecule has 1 amide bonds. The van der Waals surface area contributed by atoms with E-state index < -0.39 is 0 Å². The minimum absolute atomic E-state index is 0.0719. The highest BCUT2D eigenvalue weighted by Crippen LogP contribution is 2.41.